The van der Waals surface area contributed by atoms with Gasteiger partial charge in [0.25, 0.3) is 0 Å². The molecule has 21 heavy (non-hydrogen) atoms. The van der Waals surface area contributed by atoms with Crippen molar-refractivity contribution in [3.05, 3.63) is 36.4 Å². The van der Waals surface area contributed by atoms with Crippen molar-refractivity contribution in [3.8, 4) is 17.2 Å². The molecule has 1 saturated heterocycles. The van der Waals surface area contributed by atoms with Crippen LogP contribution in [0, 0.1) is 0 Å². The van der Waals surface area contributed by atoms with Gasteiger partial charge in [0.1, 0.15) is 0 Å². The molecule has 3 heterocycles. The van der Waals surface area contributed by atoms with Gasteiger partial charge < -0.3 is 19.4 Å². The van der Waals surface area contributed by atoms with Crippen LogP contribution < -0.4 is 14.8 Å². The Bertz CT molecular complexity index is 632. The van der Waals surface area contributed by atoms with Gasteiger partial charge in [0.2, 0.25) is 0 Å². The number of aromatic nitrogens is 2. The lowest BCUT2D eigenvalue weighted by molar-refractivity contribution is 0.297. The van der Waals surface area contributed by atoms with Crippen LogP contribution in [0.1, 0.15) is 31.0 Å². The maximum atomic E-state index is 5.78. The summed E-state index contributed by atoms with van der Waals surface area (Å²) in [4.78, 5) is 4.32. The predicted octanol–water partition coefficient (Wildman–Crippen LogP) is 2.46. The maximum absolute atomic E-state index is 5.78. The molecule has 0 bridgehead atoms. The zero-order chi connectivity index (χ0) is 14.1. The zero-order valence-corrected chi connectivity index (χ0v) is 11.9. The van der Waals surface area contributed by atoms with E-state index in [-0.39, 0.29) is 0 Å². The van der Waals surface area contributed by atoms with Crippen molar-refractivity contribution in [2.24, 2.45) is 0 Å². The van der Waals surface area contributed by atoms with Gasteiger partial charge in [-0.25, -0.2) is 4.98 Å². The van der Waals surface area contributed by atoms with E-state index in [1.54, 1.807) is 0 Å². The molecule has 110 valence electrons. The first-order valence-electron chi connectivity index (χ1n) is 7.57. The van der Waals surface area contributed by atoms with E-state index in [0.29, 0.717) is 19.3 Å². The summed E-state index contributed by atoms with van der Waals surface area (Å²) in [5.74, 6) is 1.65. The Morgan fingerprint density at radius 1 is 1.14 bits per heavy atom. The number of ether oxygens (including phenoxy) is 2. The van der Waals surface area contributed by atoms with Crippen molar-refractivity contribution in [1.29, 1.82) is 0 Å². The Hall–Kier alpha value is -2.01. The van der Waals surface area contributed by atoms with Crippen LogP contribution in [0.15, 0.2) is 30.7 Å². The molecule has 2 aliphatic heterocycles. The lowest BCUT2D eigenvalue weighted by Gasteiger charge is -2.15. The Morgan fingerprint density at radius 2 is 2.05 bits per heavy atom. The number of rotatable bonds is 2. The number of imidazole rings is 1. The van der Waals surface area contributed by atoms with E-state index in [9.17, 15) is 0 Å². The summed E-state index contributed by atoms with van der Waals surface area (Å²) in [6.07, 6.45) is 7.13. The van der Waals surface area contributed by atoms with Crippen molar-refractivity contribution in [3.63, 3.8) is 0 Å². The number of hydrogen-bond acceptors (Lipinski definition) is 4. The first-order chi connectivity index (χ1) is 10.4. The fourth-order valence-corrected chi connectivity index (χ4v) is 3.02. The van der Waals surface area contributed by atoms with Gasteiger partial charge in [0.05, 0.1) is 37.1 Å². The van der Waals surface area contributed by atoms with Crippen molar-refractivity contribution >= 4 is 0 Å². The monoisotopic (exact) mass is 285 g/mol. The normalized spacial score (nSPS) is 21.2. The predicted molar refractivity (Wildman–Crippen MR) is 79.1 cm³/mol. The molecule has 2 aliphatic rings. The fourth-order valence-electron chi connectivity index (χ4n) is 3.02. The van der Waals surface area contributed by atoms with Gasteiger partial charge in [-0.3, -0.25) is 0 Å². The minimum Gasteiger partial charge on any atom is -0.490 e. The van der Waals surface area contributed by atoms with Crippen LogP contribution in [-0.4, -0.2) is 29.3 Å². The molecule has 0 aliphatic carbocycles. The third-order valence-electron chi connectivity index (χ3n) is 4.09. The maximum Gasteiger partial charge on any atom is 0.163 e. The van der Waals surface area contributed by atoms with E-state index in [1.807, 2.05) is 24.7 Å². The molecule has 2 aromatic rings. The Morgan fingerprint density at radius 3 is 2.90 bits per heavy atom. The molecule has 1 aromatic carbocycles. The zero-order valence-electron chi connectivity index (χ0n) is 11.9. The van der Waals surface area contributed by atoms with Gasteiger partial charge in [0.15, 0.2) is 11.5 Å². The van der Waals surface area contributed by atoms with E-state index < -0.39 is 0 Å². The Labute approximate surface area is 123 Å². The smallest absolute Gasteiger partial charge is 0.163 e. The van der Waals surface area contributed by atoms with Crippen LogP contribution in [0.4, 0.5) is 0 Å². The number of benzene rings is 1. The van der Waals surface area contributed by atoms with Gasteiger partial charge >= 0.3 is 0 Å². The molecule has 1 atom stereocenters. The number of fused-ring (bicyclic) bond motifs is 1. The highest BCUT2D eigenvalue weighted by atomic mass is 16.5. The first kappa shape index (κ1) is 12.7. The third-order valence-corrected chi connectivity index (χ3v) is 4.09. The molecular formula is C16H19N3O2. The lowest BCUT2D eigenvalue weighted by Crippen LogP contribution is -2.16. The van der Waals surface area contributed by atoms with Crippen LogP contribution in [0.25, 0.3) is 5.69 Å². The van der Waals surface area contributed by atoms with Gasteiger partial charge in [0, 0.05) is 18.5 Å². The average Bonchev–Trinajstić information content (AvgIpc) is 3.13. The summed E-state index contributed by atoms with van der Waals surface area (Å²) in [6, 6.07) is 6.49. The largest absolute Gasteiger partial charge is 0.490 e. The minimum atomic E-state index is 0.392. The summed E-state index contributed by atoms with van der Waals surface area (Å²) in [6.45, 7) is 2.50. The third kappa shape index (κ3) is 2.38. The molecule has 5 nitrogen and oxygen atoms in total. The topological polar surface area (TPSA) is 48.3 Å². The van der Waals surface area contributed by atoms with E-state index in [0.717, 1.165) is 36.6 Å². The molecule has 0 spiro atoms. The lowest BCUT2D eigenvalue weighted by atomic mass is 10.1. The molecule has 4 rings (SSSR count). The summed E-state index contributed by atoms with van der Waals surface area (Å²) < 4.78 is 13.6. The SMILES string of the molecule is c1cc2c(cc1-n1cncc1[C@@H]1CCCN1)OCCCO2. The highest BCUT2D eigenvalue weighted by Crippen LogP contribution is 2.33. The minimum absolute atomic E-state index is 0.392. The van der Waals surface area contributed by atoms with Crippen molar-refractivity contribution in [1.82, 2.24) is 14.9 Å². The van der Waals surface area contributed by atoms with Crippen LogP contribution in [0.2, 0.25) is 0 Å². The number of hydrogen-bond donors (Lipinski definition) is 1. The second kappa shape index (κ2) is 5.41. The Kier molecular flexibility index (Phi) is 3.27. The molecule has 0 radical (unpaired) electrons. The molecule has 0 saturated carbocycles. The van der Waals surface area contributed by atoms with Gasteiger partial charge in [-0.2, -0.15) is 0 Å². The quantitative estimate of drug-likeness (QED) is 0.921. The summed E-state index contributed by atoms with van der Waals surface area (Å²) >= 11 is 0. The molecule has 1 N–H and O–H groups in total. The van der Waals surface area contributed by atoms with E-state index in [2.05, 4.69) is 20.9 Å². The summed E-state index contributed by atoms with van der Waals surface area (Å²) in [5, 5.41) is 3.52. The Balaban J connectivity index is 1.70. The van der Waals surface area contributed by atoms with Gasteiger partial charge in [-0.1, -0.05) is 0 Å². The van der Waals surface area contributed by atoms with Crippen LogP contribution in [0.5, 0.6) is 11.5 Å². The molecule has 1 aromatic heterocycles. The van der Waals surface area contributed by atoms with E-state index in [1.165, 1.54) is 12.1 Å². The van der Waals surface area contributed by atoms with Gasteiger partial charge in [-0.15, -0.1) is 0 Å². The molecular weight excluding hydrogens is 266 g/mol. The first-order valence-corrected chi connectivity index (χ1v) is 7.57. The number of nitrogens with one attached hydrogen (secondary N) is 1. The molecule has 1 fully saturated rings. The average molecular weight is 285 g/mol. The van der Waals surface area contributed by atoms with Crippen LogP contribution >= 0.6 is 0 Å². The fraction of sp³-hybridized carbons (Fsp3) is 0.438. The van der Waals surface area contributed by atoms with Crippen LogP contribution in [0.3, 0.4) is 0 Å². The molecule has 0 amide bonds. The van der Waals surface area contributed by atoms with Crippen molar-refractivity contribution in [2.45, 2.75) is 25.3 Å². The molecule has 5 heteroatoms. The van der Waals surface area contributed by atoms with Crippen molar-refractivity contribution in [2.75, 3.05) is 19.8 Å². The highest BCUT2D eigenvalue weighted by Gasteiger charge is 2.21. The summed E-state index contributed by atoms with van der Waals surface area (Å²) in [5.41, 5.74) is 2.28. The molecule has 0 unspecified atom stereocenters. The second-order valence-electron chi connectivity index (χ2n) is 5.52. The highest BCUT2D eigenvalue weighted by molar-refractivity contribution is 5.49. The van der Waals surface area contributed by atoms with Crippen LogP contribution in [-0.2, 0) is 0 Å². The number of nitrogens with zero attached hydrogens (tertiary/aromatic N) is 2. The van der Waals surface area contributed by atoms with E-state index >= 15 is 0 Å². The van der Waals surface area contributed by atoms with E-state index in [4.69, 9.17) is 9.47 Å². The second-order valence-corrected chi connectivity index (χ2v) is 5.52. The standard InChI is InChI=1S/C16H19N3O2/c1-3-13(18-6-1)14-10-17-11-19(14)12-4-5-15-16(9-12)21-8-2-7-20-15/h4-5,9-11,13,18H,1-3,6-8H2/t13-/m0/s1. The summed E-state index contributed by atoms with van der Waals surface area (Å²) in [7, 11) is 0. The van der Waals surface area contributed by atoms with Gasteiger partial charge in [-0.05, 0) is 31.5 Å². The van der Waals surface area contributed by atoms with Crippen molar-refractivity contribution < 1.29 is 9.47 Å².